The molecule has 2 unspecified atom stereocenters. The smallest absolute Gasteiger partial charge is 0.243 e. The summed E-state index contributed by atoms with van der Waals surface area (Å²) in [7, 11) is -1.96. The quantitative estimate of drug-likeness (QED) is 0.375. The molecule has 0 radical (unpaired) electrons. The van der Waals surface area contributed by atoms with Gasteiger partial charge < -0.3 is 15.0 Å². The number of aryl methyl sites for hydroxylation is 2. The van der Waals surface area contributed by atoms with E-state index in [0.717, 1.165) is 23.1 Å². The fourth-order valence-electron chi connectivity index (χ4n) is 4.43. The lowest BCUT2D eigenvalue weighted by Gasteiger charge is -2.32. The number of rotatable bonds is 14. The molecule has 38 heavy (non-hydrogen) atoms. The van der Waals surface area contributed by atoms with Crippen LogP contribution < -0.4 is 14.4 Å². The number of methoxy groups -OCH3 is 1. The van der Waals surface area contributed by atoms with E-state index in [4.69, 9.17) is 4.74 Å². The van der Waals surface area contributed by atoms with Crippen molar-refractivity contribution in [2.75, 3.05) is 24.2 Å². The van der Waals surface area contributed by atoms with Crippen LogP contribution in [0.15, 0.2) is 42.5 Å². The van der Waals surface area contributed by atoms with Gasteiger partial charge in [0, 0.05) is 25.6 Å². The zero-order valence-electron chi connectivity index (χ0n) is 23.8. The Kier molecular flexibility index (Phi) is 11.6. The molecule has 0 aromatic heterocycles. The molecule has 0 fully saturated rings. The van der Waals surface area contributed by atoms with Gasteiger partial charge in [0.2, 0.25) is 21.8 Å². The van der Waals surface area contributed by atoms with Gasteiger partial charge in [0.15, 0.2) is 0 Å². The maximum absolute atomic E-state index is 13.6. The number of carbonyl (C=O) groups excluding carboxylic acids is 2. The second-order valence-corrected chi connectivity index (χ2v) is 11.8. The summed E-state index contributed by atoms with van der Waals surface area (Å²) in [5.41, 5.74) is 3.37. The van der Waals surface area contributed by atoms with Crippen molar-refractivity contribution >= 4 is 27.5 Å². The lowest BCUT2D eigenvalue weighted by Crippen LogP contribution is -2.50. The normalized spacial score (nSPS) is 12.9. The molecule has 0 aliphatic heterocycles. The number of hydrogen-bond acceptors (Lipinski definition) is 5. The van der Waals surface area contributed by atoms with E-state index in [2.05, 4.69) is 5.32 Å². The lowest BCUT2D eigenvalue weighted by molar-refractivity contribution is -0.141. The van der Waals surface area contributed by atoms with E-state index in [-0.39, 0.29) is 37.4 Å². The molecule has 2 rings (SSSR count). The highest BCUT2D eigenvalue weighted by Crippen LogP contribution is 2.23. The van der Waals surface area contributed by atoms with Gasteiger partial charge in [-0.25, -0.2) is 8.42 Å². The van der Waals surface area contributed by atoms with Gasteiger partial charge in [-0.3, -0.25) is 13.9 Å². The Bertz CT molecular complexity index is 1180. The second-order valence-electron chi connectivity index (χ2n) is 9.90. The number of anilines is 1. The predicted octanol–water partition coefficient (Wildman–Crippen LogP) is 4.58. The van der Waals surface area contributed by atoms with E-state index < -0.39 is 16.1 Å². The fraction of sp³-hybridized carbons (Fsp3) is 0.517. The number of ether oxygens (including phenoxy) is 1. The molecule has 0 bridgehead atoms. The van der Waals surface area contributed by atoms with Crippen molar-refractivity contribution in [1.29, 1.82) is 0 Å². The van der Waals surface area contributed by atoms with Crippen LogP contribution in [0.3, 0.4) is 0 Å². The number of benzene rings is 2. The van der Waals surface area contributed by atoms with Gasteiger partial charge in [-0.15, -0.1) is 0 Å². The summed E-state index contributed by atoms with van der Waals surface area (Å²) >= 11 is 0. The van der Waals surface area contributed by atoms with Crippen molar-refractivity contribution in [2.45, 2.75) is 78.9 Å². The van der Waals surface area contributed by atoms with Gasteiger partial charge in [0.25, 0.3) is 0 Å². The summed E-state index contributed by atoms with van der Waals surface area (Å²) in [4.78, 5) is 28.3. The molecule has 0 saturated heterocycles. The molecular formula is C29H43N3O5S. The Morgan fingerprint density at radius 1 is 1.03 bits per heavy atom. The van der Waals surface area contributed by atoms with Gasteiger partial charge in [0.05, 0.1) is 19.1 Å². The van der Waals surface area contributed by atoms with E-state index in [1.807, 2.05) is 77.1 Å². The van der Waals surface area contributed by atoms with Gasteiger partial charge >= 0.3 is 0 Å². The van der Waals surface area contributed by atoms with E-state index in [0.29, 0.717) is 24.3 Å². The van der Waals surface area contributed by atoms with Crippen LogP contribution in [0.1, 0.15) is 63.1 Å². The minimum Gasteiger partial charge on any atom is -0.497 e. The van der Waals surface area contributed by atoms with Crippen LogP contribution in [0.2, 0.25) is 0 Å². The topological polar surface area (TPSA) is 96.0 Å². The van der Waals surface area contributed by atoms with E-state index in [1.54, 1.807) is 12.0 Å². The summed E-state index contributed by atoms with van der Waals surface area (Å²) in [6.07, 6.45) is 2.83. The van der Waals surface area contributed by atoms with E-state index in [9.17, 15) is 18.0 Å². The van der Waals surface area contributed by atoms with Crippen molar-refractivity contribution < 1.29 is 22.7 Å². The number of carbonyl (C=O) groups is 2. The first-order valence-corrected chi connectivity index (χ1v) is 15.0. The number of amides is 2. The van der Waals surface area contributed by atoms with Crippen molar-refractivity contribution in [2.24, 2.45) is 0 Å². The molecule has 0 saturated carbocycles. The third kappa shape index (κ3) is 9.04. The highest BCUT2D eigenvalue weighted by atomic mass is 32.2. The first-order chi connectivity index (χ1) is 17.9. The Hall–Kier alpha value is -3.07. The van der Waals surface area contributed by atoms with Crippen molar-refractivity contribution in [3.05, 3.63) is 59.2 Å². The second kappa shape index (κ2) is 14.2. The molecule has 0 heterocycles. The Balaban J connectivity index is 2.27. The molecule has 0 spiro atoms. The highest BCUT2D eigenvalue weighted by Gasteiger charge is 2.29. The van der Waals surface area contributed by atoms with Gasteiger partial charge in [0.1, 0.15) is 11.8 Å². The van der Waals surface area contributed by atoms with Crippen LogP contribution >= 0.6 is 0 Å². The van der Waals surface area contributed by atoms with Crippen molar-refractivity contribution in [1.82, 2.24) is 10.2 Å². The average molecular weight is 546 g/mol. The third-order valence-corrected chi connectivity index (χ3v) is 7.71. The van der Waals surface area contributed by atoms with Gasteiger partial charge in [-0.2, -0.15) is 0 Å². The third-order valence-electron chi connectivity index (χ3n) is 6.52. The van der Waals surface area contributed by atoms with Gasteiger partial charge in [-0.1, -0.05) is 32.0 Å². The van der Waals surface area contributed by atoms with Crippen LogP contribution in [0.5, 0.6) is 5.75 Å². The summed E-state index contributed by atoms with van der Waals surface area (Å²) in [5.74, 6) is 0.281. The Labute approximate surface area is 228 Å². The first-order valence-electron chi connectivity index (χ1n) is 13.2. The molecule has 2 amide bonds. The zero-order valence-corrected chi connectivity index (χ0v) is 24.6. The predicted molar refractivity (Wildman–Crippen MR) is 153 cm³/mol. The number of sulfonamides is 1. The standard InChI is InChI=1S/C29H43N3O5S/c1-8-23(5)30-29(34)27(9-2)31(20-24-12-10-13-26(19-24)37-6)28(33)14-11-15-32(38(7,35)36)25-17-21(3)16-22(4)18-25/h10,12-13,16-19,23,27H,8-9,11,14-15,20H2,1-7H3,(H,30,34). The molecule has 0 aliphatic carbocycles. The monoisotopic (exact) mass is 545 g/mol. The van der Waals surface area contributed by atoms with E-state index >= 15 is 0 Å². The summed E-state index contributed by atoms with van der Waals surface area (Å²) in [5, 5.41) is 3.01. The number of nitrogens with zero attached hydrogens (tertiary/aromatic N) is 2. The summed E-state index contributed by atoms with van der Waals surface area (Å²) < 4.78 is 31.9. The molecule has 2 atom stereocenters. The molecule has 9 heteroatoms. The summed E-state index contributed by atoms with van der Waals surface area (Å²) in [6.45, 7) is 10.1. The first kappa shape index (κ1) is 31.1. The molecular weight excluding hydrogens is 502 g/mol. The molecule has 8 nitrogen and oxygen atoms in total. The molecule has 0 aliphatic rings. The van der Waals surface area contributed by atoms with Crippen LogP contribution in [0.25, 0.3) is 0 Å². The summed E-state index contributed by atoms with van der Waals surface area (Å²) in [6, 6.07) is 12.4. The van der Waals surface area contributed by atoms with Crippen LogP contribution in [-0.4, -0.2) is 57.1 Å². The van der Waals surface area contributed by atoms with Crippen LogP contribution in [0, 0.1) is 13.8 Å². The zero-order chi connectivity index (χ0) is 28.5. The molecule has 2 aromatic rings. The molecule has 1 N–H and O–H groups in total. The van der Waals surface area contributed by atoms with Crippen LogP contribution in [-0.2, 0) is 26.2 Å². The Morgan fingerprint density at radius 3 is 2.24 bits per heavy atom. The lowest BCUT2D eigenvalue weighted by atomic mass is 10.1. The minimum absolute atomic E-state index is 0.00794. The van der Waals surface area contributed by atoms with Gasteiger partial charge in [-0.05, 0) is 81.0 Å². The maximum atomic E-state index is 13.6. The fourth-order valence-corrected chi connectivity index (χ4v) is 5.38. The van der Waals surface area contributed by atoms with Crippen molar-refractivity contribution in [3.8, 4) is 5.75 Å². The minimum atomic E-state index is -3.55. The maximum Gasteiger partial charge on any atom is 0.243 e. The average Bonchev–Trinajstić information content (AvgIpc) is 2.84. The number of nitrogens with one attached hydrogen (secondary N) is 1. The molecule has 210 valence electrons. The van der Waals surface area contributed by atoms with Crippen molar-refractivity contribution in [3.63, 3.8) is 0 Å². The Morgan fingerprint density at radius 2 is 1.68 bits per heavy atom. The van der Waals surface area contributed by atoms with E-state index in [1.165, 1.54) is 10.6 Å². The molecule has 2 aromatic carbocycles. The van der Waals surface area contributed by atoms with Crippen LogP contribution in [0.4, 0.5) is 5.69 Å². The highest BCUT2D eigenvalue weighted by molar-refractivity contribution is 7.92. The number of hydrogen-bond donors (Lipinski definition) is 1. The SMILES string of the molecule is CCC(C)NC(=O)C(CC)N(Cc1cccc(OC)c1)C(=O)CCCN(c1cc(C)cc(C)c1)S(C)(=O)=O. The largest absolute Gasteiger partial charge is 0.497 e.